The molecule has 0 saturated heterocycles. The topological polar surface area (TPSA) is 79.6 Å². The Morgan fingerprint density at radius 2 is 2.16 bits per heavy atom. The van der Waals surface area contributed by atoms with E-state index < -0.39 is 16.0 Å². The lowest BCUT2D eigenvalue weighted by Gasteiger charge is -2.19. The normalized spacial score (nSPS) is 15.9. The molecule has 0 bridgehead atoms. The van der Waals surface area contributed by atoms with Gasteiger partial charge in [0.1, 0.15) is 10.6 Å². The maximum Gasteiger partial charge on any atom is 0.352 e. The molecule has 0 radical (unpaired) electrons. The van der Waals surface area contributed by atoms with Crippen molar-refractivity contribution < 1.29 is 18.3 Å². The maximum absolute atomic E-state index is 12.4. The molecule has 2 rings (SSSR count). The van der Waals surface area contributed by atoms with Crippen molar-refractivity contribution in [1.29, 1.82) is 0 Å². The summed E-state index contributed by atoms with van der Waals surface area (Å²) in [4.78, 5) is 11.0. The van der Waals surface area contributed by atoms with E-state index in [0.29, 0.717) is 19.0 Å². The summed E-state index contributed by atoms with van der Waals surface area (Å²) in [6.07, 6.45) is 3.50. The SMILES string of the molecule is CCN(CC1CC1)S(=O)(=O)c1cc(C(=O)O)n(C)c1. The fourth-order valence-electron chi connectivity index (χ4n) is 2.02. The molecule has 0 aliphatic heterocycles. The van der Waals surface area contributed by atoms with Crippen LogP contribution in [0, 0.1) is 5.92 Å². The highest BCUT2D eigenvalue weighted by Crippen LogP contribution is 2.31. The summed E-state index contributed by atoms with van der Waals surface area (Å²) in [5.74, 6) is -0.674. The van der Waals surface area contributed by atoms with E-state index in [1.54, 1.807) is 6.92 Å². The van der Waals surface area contributed by atoms with Crippen LogP contribution in [0.25, 0.3) is 0 Å². The molecule has 6 nitrogen and oxygen atoms in total. The van der Waals surface area contributed by atoms with Gasteiger partial charge in [-0.15, -0.1) is 0 Å². The van der Waals surface area contributed by atoms with E-state index in [0.717, 1.165) is 12.8 Å². The smallest absolute Gasteiger partial charge is 0.352 e. The van der Waals surface area contributed by atoms with Crippen LogP contribution < -0.4 is 0 Å². The molecule has 1 heterocycles. The predicted molar refractivity (Wildman–Crippen MR) is 69.5 cm³/mol. The molecule has 0 aromatic carbocycles. The zero-order chi connectivity index (χ0) is 14.2. The van der Waals surface area contributed by atoms with Crippen molar-refractivity contribution in [3.63, 3.8) is 0 Å². The highest BCUT2D eigenvalue weighted by Gasteiger charge is 2.31. The van der Waals surface area contributed by atoms with Crippen LogP contribution in [0.2, 0.25) is 0 Å². The summed E-state index contributed by atoms with van der Waals surface area (Å²) in [7, 11) is -2.06. The van der Waals surface area contributed by atoms with Gasteiger partial charge in [-0.25, -0.2) is 13.2 Å². The van der Waals surface area contributed by atoms with E-state index >= 15 is 0 Å². The van der Waals surface area contributed by atoms with Crippen molar-refractivity contribution in [2.75, 3.05) is 13.1 Å². The first-order valence-electron chi connectivity index (χ1n) is 6.26. The molecule has 0 amide bonds. The summed E-state index contributed by atoms with van der Waals surface area (Å²) in [6.45, 7) is 2.72. The van der Waals surface area contributed by atoms with Gasteiger partial charge in [-0.2, -0.15) is 4.31 Å². The van der Waals surface area contributed by atoms with Crippen molar-refractivity contribution in [3.05, 3.63) is 18.0 Å². The molecular weight excluding hydrogens is 268 g/mol. The van der Waals surface area contributed by atoms with Crippen LogP contribution in [-0.4, -0.2) is 41.5 Å². The fraction of sp³-hybridized carbons (Fsp3) is 0.583. The van der Waals surface area contributed by atoms with Crippen LogP contribution in [0.5, 0.6) is 0 Å². The molecule has 1 saturated carbocycles. The van der Waals surface area contributed by atoms with E-state index in [4.69, 9.17) is 5.11 Å². The lowest BCUT2D eigenvalue weighted by molar-refractivity contribution is 0.0686. The van der Waals surface area contributed by atoms with Gasteiger partial charge in [-0.05, 0) is 24.8 Å². The Morgan fingerprint density at radius 3 is 2.58 bits per heavy atom. The molecule has 1 aromatic rings. The third kappa shape index (κ3) is 2.82. The minimum Gasteiger partial charge on any atom is -0.477 e. The van der Waals surface area contributed by atoms with Gasteiger partial charge in [-0.1, -0.05) is 6.92 Å². The second-order valence-electron chi connectivity index (χ2n) is 4.88. The van der Waals surface area contributed by atoms with Crippen LogP contribution >= 0.6 is 0 Å². The number of aromatic nitrogens is 1. The zero-order valence-electron chi connectivity index (χ0n) is 11.0. The molecule has 1 aromatic heterocycles. The van der Waals surface area contributed by atoms with Gasteiger partial charge in [0.05, 0.1) is 0 Å². The summed E-state index contributed by atoms with van der Waals surface area (Å²) in [5, 5.41) is 8.97. The molecule has 0 atom stereocenters. The standard InChI is InChI=1S/C12H18N2O4S/c1-3-14(7-9-4-5-9)19(17,18)10-6-11(12(15)16)13(2)8-10/h6,8-9H,3-5,7H2,1-2H3,(H,15,16). The number of sulfonamides is 1. The number of aryl methyl sites for hydroxylation is 1. The maximum atomic E-state index is 12.4. The van der Waals surface area contributed by atoms with E-state index in [1.807, 2.05) is 0 Å². The molecular formula is C12H18N2O4S. The largest absolute Gasteiger partial charge is 0.477 e. The molecule has 1 fully saturated rings. The van der Waals surface area contributed by atoms with E-state index in [-0.39, 0.29) is 10.6 Å². The van der Waals surface area contributed by atoms with E-state index in [1.165, 1.54) is 28.2 Å². The van der Waals surface area contributed by atoms with Gasteiger partial charge in [-0.3, -0.25) is 0 Å². The van der Waals surface area contributed by atoms with Crippen molar-refractivity contribution in [2.24, 2.45) is 13.0 Å². The van der Waals surface area contributed by atoms with Crippen LogP contribution in [0.3, 0.4) is 0 Å². The number of carbonyl (C=O) groups is 1. The van der Waals surface area contributed by atoms with Crippen LogP contribution in [0.1, 0.15) is 30.3 Å². The number of aromatic carboxylic acids is 1. The quantitative estimate of drug-likeness (QED) is 0.850. The van der Waals surface area contributed by atoms with Crippen LogP contribution in [-0.2, 0) is 17.1 Å². The first-order chi connectivity index (χ1) is 8.86. The Morgan fingerprint density at radius 1 is 1.53 bits per heavy atom. The van der Waals surface area contributed by atoms with E-state index in [9.17, 15) is 13.2 Å². The average molecular weight is 286 g/mol. The summed E-state index contributed by atoms with van der Waals surface area (Å²) < 4.78 is 27.6. The van der Waals surface area contributed by atoms with Crippen molar-refractivity contribution >= 4 is 16.0 Å². The highest BCUT2D eigenvalue weighted by molar-refractivity contribution is 7.89. The van der Waals surface area contributed by atoms with Crippen molar-refractivity contribution in [2.45, 2.75) is 24.7 Å². The minimum atomic E-state index is -3.59. The lowest BCUT2D eigenvalue weighted by Crippen LogP contribution is -2.32. The Bertz CT molecular complexity index is 587. The summed E-state index contributed by atoms with van der Waals surface area (Å²) in [5.41, 5.74) is -0.0268. The van der Waals surface area contributed by atoms with Gasteiger partial charge in [0.25, 0.3) is 0 Å². The first-order valence-corrected chi connectivity index (χ1v) is 7.70. The third-order valence-corrected chi connectivity index (χ3v) is 5.25. The molecule has 19 heavy (non-hydrogen) atoms. The van der Waals surface area contributed by atoms with Gasteiger partial charge in [0.2, 0.25) is 10.0 Å². The third-order valence-electron chi connectivity index (χ3n) is 3.35. The summed E-state index contributed by atoms with van der Waals surface area (Å²) >= 11 is 0. The second-order valence-corrected chi connectivity index (χ2v) is 6.81. The fourth-order valence-corrected chi connectivity index (χ4v) is 3.62. The molecule has 1 aliphatic carbocycles. The number of hydrogen-bond donors (Lipinski definition) is 1. The predicted octanol–water partition coefficient (Wildman–Crippen LogP) is 1.14. The molecule has 0 spiro atoms. The molecule has 106 valence electrons. The number of carboxylic acids is 1. The van der Waals surface area contributed by atoms with Gasteiger partial charge < -0.3 is 9.67 Å². The Kier molecular flexibility index (Phi) is 3.69. The number of nitrogens with zero attached hydrogens (tertiary/aromatic N) is 2. The molecule has 0 unspecified atom stereocenters. The Labute approximate surface area is 112 Å². The minimum absolute atomic E-state index is 0.0268. The number of rotatable bonds is 6. The molecule has 1 N–H and O–H groups in total. The first kappa shape index (κ1) is 14.1. The molecule has 7 heteroatoms. The molecule has 1 aliphatic rings. The highest BCUT2D eigenvalue weighted by atomic mass is 32.2. The number of hydrogen-bond acceptors (Lipinski definition) is 3. The van der Waals surface area contributed by atoms with E-state index in [2.05, 4.69) is 0 Å². The second kappa shape index (κ2) is 4.97. The van der Waals surface area contributed by atoms with Crippen LogP contribution in [0.15, 0.2) is 17.2 Å². The zero-order valence-corrected chi connectivity index (χ0v) is 11.9. The average Bonchev–Trinajstić information content (AvgIpc) is 3.06. The monoisotopic (exact) mass is 286 g/mol. The summed E-state index contributed by atoms with van der Waals surface area (Å²) in [6, 6.07) is 1.22. The lowest BCUT2D eigenvalue weighted by atomic mass is 10.4. The Hall–Kier alpha value is -1.34. The number of carboxylic acid groups (broad SMARTS) is 1. The van der Waals surface area contributed by atoms with Gasteiger partial charge >= 0.3 is 5.97 Å². The van der Waals surface area contributed by atoms with Crippen molar-refractivity contribution in [3.8, 4) is 0 Å². The van der Waals surface area contributed by atoms with Gasteiger partial charge in [0, 0.05) is 26.3 Å². The van der Waals surface area contributed by atoms with Crippen LogP contribution in [0.4, 0.5) is 0 Å². The van der Waals surface area contributed by atoms with Gasteiger partial charge in [0.15, 0.2) is 0 Å². The van der Waals surface area contributed by atoms with Crippen molar-refractivity contribution in [1.82, 2.24) is 8.87 Å². The Balaban J connectivity index is 2.31.